The molecule has 32 heavy (non-hydrogen) atoms. The molecule has 0 spiro atoms. The standard InChI is InChI=1S/C21H28ClN3O5S2/c1-5-20(25(31(4,27)28)18-12-8-16(22)9-13-18)21(26)23-17-10-14-19(15-11-17)32(29,30)24(6-2)7-3/h8-15,20H,5-7H2,1-4H3,(H,23,26)/t20-/m0/s1. The van der Waals surface area contributed by atoms with Crippen LogP contribution in [0.15, 0.2) is 53.4 Å². The van der Waals surface area contributed by atoms with Gasteiger partial charge in [-0.15, -0.1) is 0 Å². The predicted octanol–water partition coefficient (Wildman–Crippen LogP) is 3.55. The Morgan fingerprint density at radius 1 is 0.938 bits per heavy atom. The molecule has 8 nitrogen and oxygen atoms in total. The molecule has 0 radical (unpaired) electrons. The van der Waals surface area contributed by atoms with E-state index in [1.807, 2.05) is 0 Å². The number of hydrogen-bond acceptors (Lipinski definition) is 5. The molecule has 0 aromatic heterocycles. The average molecular weight is 502 g/mol. The van der Waals surface area contributed by atoms with E-state index in [4.69, 9.17) is 11.6 Å². The first-order chi connectivity index (χ1) is 14.9. The summed E-state index contributed by atoms with van der Waals surface area (Å²) in [6, 6.07) is 10.9. The van der Waals surface area contributed by atoms with E-state index < -0.39 is 32.0 Å². The molecular formula is C21H28ClN3O5S2. The maximum atomic E-state index is 13.0. The SMILES string of the molecule is CC[C@@H](C(=O)Nc1ccc(S(=O)(=O)N(CC)CC)cc1)N(c1ccc(Cl)cc1)S(C)(=O)=O. The average Bonchev–Trinajstić information content (AvgIpc) is 2.73. The molecule has 1 amide bonds. The zero-order valence-corrected chi connectivity index (χ0v) is 20.8. The molecule has 0 aliphatic heterocycles. The molecule has 2 aromatic rings. The van der Waals surface area contributed by atoms with E-state index in [1.165, 1.54) is 40.7 Å². The number of sulfonamides is 2. The molecule has 0 saturated carbocycles. The number of nitrogens with zero attached hydrogens (tertiary/aromatic N) is 2. The molecule has 2 aromatic carbocycles. The van der Waals surface area contributed by atoms with E-state index in [0.717, 1.165) is 10.6 Å². The van der Waals surface area contributed by atoms with E-state index in [9.17, 15) is 21.6 Å². The van der Waals surface area contributed by atoms with Crippen molar-refractivity contribution in [3.8, 4) is 0 Å². The van der Waals surface area contributed by atoms with Crippen molar-refractivity contribution in [3.63, 3.8) is 0 Å². The summed E-state index contributed by atoms with van der Waals surface area (Å²) in [5.41, 5.74) is 0.677. The first-order valence-electron chi connectivity index (χ1n) is 10.1. The van der Waals surface area contributed by atoms with Gasteiger partial charge in [0.05, 0.1) is 16.8 Å². The van der Waals surface area contributed by atoms with E-state index in [0.29, 0.717) is 29.5 Å². The number of rotatable bonds is 10. The Kier molecular flexibility index (Phi) is 8.69. The minimum absolute atomic E-state index is 0.116. The zero-order valence-electron chi connectivity index (χ0n) is 18.4. The molecule has 0 heterocycles. The third-order valence-electron chi connectivity index (χ3n) is 4.88. The molecule has 11 heteroatoms. The molecule has 0 fully saturated rings. The van der Waals surface area contributed by atoms with Crippen LogP contribution in [0.2, 0.25) is 5.02 Å². The topological polar surface area (TPSA) is 104 Å². The smallest absolute Gasteiger partial charge is 0.248 e. The Labute approximate surface area is 195 Å². The van der Waals surface area contributed by atoms with Gasteiger partial charge < -0.3 is 5.32 Å². The maximum absolute atomic E-state index is 13.0. The van der Waals surface area contributed by atoms with Gasteiger partial charge >= 0.3 is 0 Å². The monoisotopic (exact) mass is 501 g/mol. The van der Waals surface area contributed by atoms with Crippen LogP contribution in [-0.4, -0.2) is 52.4 Å². The summed E-state index contributed by atoms with van der Waals surface area (Å²) < 4.78 is 52.6. The van der Waals surface area contributed by atoms with Gasteiger partial charge in [0.1, 0.15) is 6.04 Å². The van der Waals surface area contributed by atoms with Gasteiger partial charge in [0.15, 0.2) is 0 Å². The highest BCUT2D eigenvalue weighted by Gasteiger charge is 2.31. The van der Waals surface area contributed by atoms with Crippen molar-refractivity contribution in [1.82, 2.24) is 4.31 Å². The number of benzene rings is 2. The Morgan fingerprint density at radius 2 is 1.47 bits per heavy atom. The van der Waals surface area contributed by atoms with Gasteiger partial charge in [-0.05, 0) is 55.0 Å². The van der Waals surface area contributed by atoms with Crippen molar-refractivity contribution in [1.29, 1.82) is 0 Å². The number of amides is 1. The summed E-state index contributed by atoms with van der Waals surface area (Å²) >= 11 is 5.90. The van der Waals surface area contributed by atoms with E-state index in [-0.39, 0.29) is 11.3 Å². The Balaban J connectivity index is 2.30. The zero-order chi connectivity index (χ0) is 24.1. The normalized spacial score (nSPS) is 13.1. The van der Waals surface area contributed by atoms with Crippen LogP contribution in [0.4, 0.5) is 11.4 Å². The molecule has 0 bridgehead atoms. The van der Waals surface area contributed by atoms with Crippen molar-refractivity contribution >= 4 is 48.9 Å². The molecule has 0 saturated heterocycles. The van der Waals surface area contributed by atoms with Crippen LogP contribution in [0.5, 0.6) is 0 Å². The van der Waals surface area contributed by atoms with Gasteiger partial charge in [0, 0.05) is 23.8 Å². The molecule has 1 N–H and O–H groups in total. The van der Waals surface area contributed by atoms with Gasteiger partial charge in [0.25, 0.3) is 0 Å². The number of hydrogen-bond donors (Lipinski definition) is 1. The first-order valence-corrected chi connectivity index (χ1v) is 13.8. The lowest BCUT2D eigenvalue weighted by Crippen LogP contribution is -2.47. The van der Waals surface area contributed by atoms with Gasteiger partial charge in [0.2, 0.25) is 26.0 Å². The number of anilines is 2. The summed E-state index contributed by atoms with van der Waals surface area (Å²) in [4.78, 5) is 13.1. The third kappa shape index (κ3) is 6.00. The molecule has 0 unspecified atom stereocenters. The third-order valence-corrected chi connectivity index (χ3v) is 8.37. The fourth-order valence-corrected chi connectivity index (χ4v) is 6.09. The highest BCUT2D eigenvalue weighted by atomic mass is 35.5. The highest BCUT2D eigenvalue weighted by Crippen LogP contribution is 2.25. The molecule has 176 valence electrons. The van der Waals surface area contributed by atoms with Crippen LogP contribution in [0.3, 0.4) is 0 Å². The van der Waals surface area contributed by atoms with E-state index >= 15 is 0 Å². The predicted molar refractivity (Wildman–Crippen MR) is 128 cm³/mol. The van der Waals surface area contributed by atoms with E-state index in [2.05, 4.69) is 5.32 Å². The van der Waals surface area contributed by atoms with Gasteiger partial charge in [-0.25, -0.2) is 16.8 Å². The first kappa shape index (κ1) is 26.1. The second-order valence-corrected chi connectivity index (χ2v) is 11.3. The minimum Gasteiger partial charge on any atom is -0.324 e. The van der Waals surface area contributed by atoms with Crippen molar-refractivity contribution in [2.75, 3.05) is 29.0 Å². The van der Waals surface area contributed by atoms with Gasteiger partial charge in [-0.1, -0.05) is 32.4 Å². The number of carbonyl (C=O) groups excluding carboxylic acids is 1. The fraction of sp³-hybridized carbons (Fsp3) is 0.381. The number of halogens is 1. The number of carbonyl (C=O) groups is 1. The van der Waals surface area contributed by atoms with Crippen LogP contribution < -0.4 is 9.62 Å². The highest BCUT2D eigenvalue weighted by molar-refractivity contribution is 7.92. The summed E-state index contributed by atoms with van der Waals surface area (Å²) in [6.45, 7) is 5.92. The minimum atomic E-state index is -3.78. The summed E-state index contributed by atoms with van der Waals surface area (Å²) in [7, 11) is -7.39. The van der Waals surface area contributed by atoms with Crippen LogP contribution >= 0.6 is 11.6 Å². The summed E-state index contributed by atoms with van der Waals surface area (Å²) in [6.07, 6.45) is 1.25. The van der Waals surface area contributed by atoms with Crippen molar-refractivity contribution in [2.45, 2.75) is 38.1 Å². The van der Waals surface area contributed by atoms with Gasteiger partial charge in [-0.3, -0.25) is 9.10 Å². The van der Waals surface area contributed by atoms with Crippen LogP contribution in [0.1, 0.15) is 27.2 Å². The van der Waals surface area contributed by atoms with E-state index in [1.54, 1.807) is 32.9 Å². The lowest BCUT2D eigenvalue weighted by atomic mass is 10.2. The summed E-state index contributed by atoms with van der Waals surface area (Å²) in [5, 5.41) is 3.13. The van der Waals surface area contributed by atoms with Crippen molar-refractivity contribution < 1.29 is 21.6 Å². The van der Waals surface area contributed by atoms with Crippen LogP contribution in [0.25, 0.3) is 0 Å². The van der Waals surface area contributed by atoms with Crippen molar-refractivity contribution in [3.05, 3.63) is 53.6 Å². The molecule has 0 aliphatic carbocycles. The second kappa shape index (κ2) is 10.7. The Hall–Kier alpha value is -2.14. The second-order valence-electron chi connectivity index (χ2n) is 7.06. The largest absolute Gasteiger partial charge is 0.324 e. The quantitative estimate of drug-likeness (QED) is 0.536. The maximum Gasteiger partial charge on any atom is 0.248 e. The molecule has 2 rings (SSSR count). The lowest BCUT2D eigenvalue weighted by molar-refractivity contribution is -0.117. The Bertz CT molecular complexity index is 1130. The van der Waals surface area contributed by atoms with Crippen molar-refractivity contribution in [2.24, 2.45) is 0 Å². The van der Waals surface area contributed by atoms with Crippen LogP contribution in [-0.2, 0) is 24.8 Å². The van der Waals surface area contributed by atoms with Crippen LogP contribution in [0, 0.1) is 0 Å². The lowest BCUT2D eigenvalue weighted by Gasteiger charge is -2.30. The Morgan fingerprint density at radius 3 is 1.91 bits per heavy atom. The number of nitrogens with one attached hydrogen (secondary N) is 1. The fourth-order valence-electron chi connectivity index (χ4n) is 3.30. The molecular weight excluding hydrogens is 474 g/mol. The van der Waals surface area contributed by atoms with Gasteiger partial charge in [-0.2, -0.15) is 4.31 Å². The molecule has 1 atom stereocenters. The summed E-state index contributed by atoms with van der Waals surface area (Å²) in [5.74, 6) is -0.535. The molecule has 0 aliphatic rings.